The SMILES string of the molecule is CCN(CC)C(=O)c1ccc(O)c(Cl)c1. The van der Waals surface area contributed by atoms with Crippen LogP contribution in [0.1, 0.15) is 24.2 Å². The number of carbonyl (C=O) groups excluding carboxylic acids is 1. The number of phenolic OH excluding ortho intramolecular Hbond substituents is 1. The normalized spacial score (nSPS) is 10.1. The van der Waals surface area contributed by atoms with E-state index in [4.69, 9.17) is 11.6 Å². The van der Waals surface area contributed by atoms with Crippen molar-refractivity contribution in [2.24, 2.45) is 0 Å². The van der Waals surface area contributed by atoms with Gasteiger partial charge in [0.1, 0.15) is 5.75 Å². The number of carbonyl (C=O) groups is 1. The van der Waals surface area contributed by atoms with Crippen molar-refractivity contribution in [2.45, 2.75) is 13.8 Å². The molecular formula is C11H14ClNO2. The number of hydrogen-bond donors (Lipinski definition) is 1. The monoisotopic (exact) mass is 227 g/mol. The summed E-state index contributed by atoms with van der Waals surface area (Å²) in [6, 6.07) is 4.48. The molecule has 0 atom stereocenters. The molecule has 0 aromatic heterocycles. The molecule has 0 aliphatic heterocycles. The molecule has 0 radical (unpaired) electrons. The number of aromatic hydroxyl groups is 1. The molecule has 0 saturated heterocycles. The molecule has 0 spiro atoms. The minimum absolute atomic E-state index is 0.00670. The van der Waals surface area contributed by atoms with Crippen LogP contribution in [0.2, 0.25) is 5.02 Å². The molecule has 0 unspecified atom stereocenters. The van der Waals surface area contributed by atoms with Crippen molar-refractivity contribution >= 4 is 17.5 Å². The second-order valence-corrected chi connectivity index (χ2v) is 3.55. The van der Waals surface area contributed by atoms with Gasteiger partial charge in [-0.2, -0.15) is 0 Å². The molecule has 3 nitrogen and oxygen atoms in total. The summed E-state index contributed by atoms with van der Waals surface area (Å²) in [5.41, 5.74) is 0.501. The summed E-state index contributed by atoms with van der Waals surface area (Å²) < 4.78 is 0. The number of rotatable bonds is 3. The van der Waals surface area contributed by atoms with Crippen molar-refractivity contribution in [1.82, 2.24) is 4.90 Å². The lowest BCUT2D eigenvalue weighted by Gasteiger charge is -2.18. The molecule has 1 N–H and O–H groups in total. The van der Waals surface area contributed by atoms with Gasteiger partial charge in [-0.1, -0.05) is 11.6 Å². The summed E-state index contributed by atoms with van der Waals surface area (Å²) in [5, 5.41) is 9.42. The van der Waals surface area contributed by atoms with Crippen LogP contribution in [0, 0.1) is 0 Å². The van der Waals surface area contributed by atoms with Gasteiger partial charge in [-0.05, 0) is 32.0 Å². The Morgan fingerprint density at radius 2 is 2.00 bits per heavy atom. The van der Waals surface area contributed by atoms with Gasteiger partial charge < -0.3 is 10.0 Å². The van der Waals surface area contributed by atoms with Crippen molar-refractivity contribution in [3.8, 4) is 5.75 Å². The molecular weight excluding hydrogens is 214 g/mol. The topological polar surface area (TPSA) is 40.5 Å². The molecule has 15 heavy (non-hydrogen) atoms. The van der Waals surface area contributed by atoms with Crippen LogP contribution in [-0.2, 0) is 0 Å². The van der Waals surface area contributed by atoms with Crippen molar-refractivity contribution in [3.63, 3.8) is 0 Å². The Labute approximate surface area is 94.3 Å². The molecule has 1 rings (SSSR count). The lowest BCUT2D eigenvalue weighted by atomic mass is 10.2. The van der Waals surface area contributed by atoms with Gasteiger partial charge in [0.25, 0.3) is 5.91 Å². The van der Waals surface area contributed by atoms with Gasteiger partial charge in [0.2, 0.25) is 0 Å². The smallest absolute Gasteiger partial charge is 0.253 e. The number of benzene rings is 1. The summed E-state index contributed by atoms with van der Waals surface area (Å²) in [4.78, 5) is 13.6. The zero-order valence-corrected chi connectivity index (χ0v) is 9.58. The fourth-order valence-electron chi connectivity index (χ4n) is 1.33. The molecule has 0 fully saturated rings. The Morgan fingerprint density at radius 3 is 2.47 bits per heavy atom. The first-order valence-electron chi connectivity index (χ1n) is 4.88. The third-order valence-electron chi connectivity index (χ3n) is 2.25. The first-order chi connectivity index (χ1) is 7.10. The van der Waals surface area contributed by atoms with Gasteiger partial charge in [-0.3, -0.25) is 4.79 Å². The van der Waals surface area contributed by atoms with Crippen molar-refractivity contribution < 1.29 is 9.90 Å². The second kappa shape index (κ2) is 5.03. The molecule has 1 aromatic rings. The van der Waals surface area contributed by atoms with Crippen LogP contribution in [0.3, 0.4) is 0 Å². The van der Waals surface area contributed by atoms with Gasteiger partial charge in [0.05, 0.1) is 5.02 Å². The second-order valence-electron chi connectivity index (χ2n) is 3.14. The van der Waals surface area contributed by atoms with E-state index in [2.05, 4.69) is 0 Å². The fourth-order valence-corrected chi connectivity index (χ4v) is 1.51. The maximum atomic E-state index is 11.9. The quantitative estimate of drug-likeness (QED) is 0.862. The molecule has 4 heteroatoms. The molecule has 1 amide bonds. The van der Waals surface area contributed by atoms with E-state index in [-0.39, 0.29) is 16.7 Å². The standard InChI is InChI=1S/C11H14ClNO2/c1-3-13(4-2)11(15)8-5-6-10(14)9(12)7-8/h5-7,14H,3-4H2,1-2H3. The third-order valence-corrected chi connectivity index (χ3v) is 2.55. The van der Waals surface area contributed by atoms with Gasteiger partial charge >= 0.3 is 0 Å². The lowest BCUT2D eigenvalue weighted by Crippen LogP contribution is -2.30. The average molecular weight is 228 g/mol. The molecule has 0 aliphatic rings. The van der Waals surface area contributed by atoms with Crippen LogP contribution in [0.25, 0.3) is 0 Å². The van der Waals surface area contributed by atoms with Crippen LogP contribution < -0.4 is 0 Å². The first-order valence-corrected chi connectivity index (χ1v) is 5.25. The summed E-state index contributed by atoms with van der Waals surface area (Å²) in [6.07, 6.45) is 0. The Kier molecular flexibility index (Phi) is 3.97. The number of phenols is 1. The highest BCUT2D eigenvalue weighted by molar-refractivity contribution is 6.32. The molecule has 0 aliphatic carbocycles. The van der Waals surface area contributed by atoms with Crippen LogP contribution in [0.4, 0.5) is 0 Å². The maximum Gasteiger partial charge on any atom is 0.253 e. The third kappa shape index (κ3) is 2.63. The summed E-state index contributed by atoms with van der Waals surface area (Å²) in [6.45, 7) is 5.16. The Bertz CT molecular complexity index is 362. The van der Waals surface area contributed by atoms with E-state index >= 15 is 0 Å². The number of hydrogen-bond acceptors (Lipinski definition) is 2. The molecule has 82 valence electrons. The van der Waals surface area contributed by atoms with Crippen molar-refractivity contribution in [3.05, 3.63) is 28.8 Å². The molecule has 1 aromatic carbocycles. The van der Waals surface area contributed by atoms with Gasteiger partial charge in [-0.25, -0.2) is 0 Å². The first kappa shape index (κ1) is 11.9. The highest BCUT2D eigenvalue weighted by atomic mass is 35.5. The van der Waals surface area contributed by atoms with Gasteiger partial charge in [0.15, 0.2) is 0 Å². The van der Waals surface area contributed by atoms with Gasteiger partial charge in [0, 0.05) is 18.7 Å². The lowest BCUT2D eigenvalue weighted by molar-refractivity contribution is 0.0773. The number of amides is 1. The Balaban J connectivity index is 2.96. The molecule has 0 saturated carbocycles. The summed E-state index contributed by atoms with van der Waals surface area (Å²) in [7, 11) is 0. The zero-order chi connectivity index (χ0) is 11.4. The highest BCUT2D eigenvalue weighted by Gasteiger charge is 2.13. The van der Waals surface area contributed by atoms with E-state index in [0.29, 0.717) is 18.7 Å². The van der Waals surface area contributed by atoms with Crippen molar-refractivity contribution in [2.75, 3.05) is 13.1 Å². The van der Waals surface area contributed by atoms with E-state index in [9.17, 15) is 9.90 Å². The van der Waals surface area contributed by atoms with E-state index in [0.717, 1.165) is 0 Å². The Morgan fingerprint density at radius 1 is 1.40 bits per heavy atom. The number of halogens is 1. The minimum atomic E-state index is -0.0677. The molecule has 0 bridgehead atoms. The zero-order valence-electron chi connectivity index (χ0n) is 8.83. The van der Waals surface area contributed by atoms with Gasteiger partial charge in [-0.15, -0.1) is 0 Å². The highest BCUT2D eigenvalue weighted by Crippen LogP contribution is 2.24. The predicted octanol–water partition coefficient (Wildman–Crippen LogP) is 2.53. The van der Waals surface area contributed by atoms with E-state index in [1.54, 1.807) is 11.0 Å². The van der Waals surface area contributed by atoms with Crippen LogP contribution in [0.5, 0.6) is 5.75 Å². The summed E-state index contributed by atoms with van der Waals surface area (Å²) in [5.74, 6) is -0.0744. The predicted molar refractivity (Wildman–Crippen MR) is 60.4 cm³/mol. The largest absolute Gasteiger partial charge is 0.506 e. The van der Waals surface area contributed by atoms with E-state index in [1.807, 2.05) is 13.8 Å². The number of nitrogens with zero attached hydrogens (tertiary/aromatic N) is 1. The Hall–Kier alpha value is -1.22. The fraction of sp³-hybridized carbons (Fsp3) is 0.364. The summed E-state index contributed by atoms with van der Waals surface area (Å²) >= 11 is 5.73. The van der Waals surface area contributed by atoms with Crippen LogP contribution >= 0.6 is 11.6 Å². The average Bonchev–Trinajstić information content (AvgIpc) is 2.23. The minimum Gasteiger partial charge on any atom is -0.506 e. The van der Waals surface area contributed by atoms with E-state index < -0.39 is 0 Å². The van der Waals surface area contributed by atoms with Crippen LogP contribution in [-0.4, -0.2) is 29.0 Å². The molecule has 0 heterocycles. The van der Waals surface area contributed by atoms with E-state index in [1.165, 1.54) is 12.1 Å². The van der Waals surface area contributed by atoms with Crippen molar-refractivity contribution in [1.29, 1.82) is 0 Å². The maximum absolute atomic E-state index is 11.9. The van der Waals surface area contributed by atoms with Crippen LogP contribution in [0.15, 0.2) is 18.2 Å².